The normalized spacial score (nSPS) is 14.2. The van der Waals surface area contributed by atoms with E-state index in [2.05, 4.69) is 35.8 Å². The molecule has 1 rings (SSSR count). The third-order valence-electron chi connectivity index (χ3n) is 3.09. The molecule has 0 aliphatic carbocycles. The average molecular weight is 330 g/mol. The van der Waals surface area contributed by atoms with Crippen molar-refractivity contribution in [3.63, 3.8) is 0 Å². The summed E-state index contributed by atoms with van der Waals surface area (Å²) in [7, 11) is 1.71. The van der Waals surface area contributed by atoms with E-state index in [4.69, 9.17) is 15.2 Å². The molecule has 3 nitrogen and oxygen atoms in total. The van der Waals surface area contributed by atoms with Crippen LogP contribution >= 0.6 is 15.9 Å². The SMILES string of the molecule is CCC(N)Cc1cc(Br)ccc1OC(C)CCOC. The summed E-state index contributed by atoms with van der Waals surface area (Å²) in [5.74, 6) is 0.927. The van der Waals surface area contributed by atoms with Gasteiger partial charge in [0.1, 0.15) is 5.75 Å². The second-order valence-corrected chi connectivity index (χ2v) is 5.75. The molecule has 1 aromatic carbocycles. The van der Waals surface area contributed by atoms with Crippen molar-refractivity contribution < 1.29 is 9.47 Å². The topological polar surface area (TPSA) is 44.5 Å². The molecule has 0 amide bonds. The highest BCUT2D eigenvalue weighted by Gasteiger charge is 2.11. The van der Waals surface area contributed by atoms with Gasteiger partial charge in [-0.05, 0) is 43.5 Å². The lowest BCUT2D eigenvalue weighted by Gasteiger charge is -2.19. The minimum atomic E-state index is 0.137. The van der Waals surface area contributed by atoms with Crippen molar-refractivity contribution in [3.05, 3.63) is 28.2 Å². The lowest BCUT2D eigenvalue weighted by atomic mass is 10.0. The number of rotatable bonds is 8. The molecular formula is C15H24BrNO2. The molecule has 19 heavy (non-hydrogen) atoms. The number of hydrogen-bond acceptors (Lipinski definition) is 3. The zero-order valence-electron chi connectivity index (χ0n) is 12.0. The summed E-state index contributed by atoms with van der Waals surface area (Å²) >= 11 is 3.50. The van der Waals surface area contributed by atoms with Crippen LogP contribution in [0.3, 0.4) is 0 Å². The number of halogens is 1. The number of methoxy groups -OCH3 is 1. The zero-order chi connectivity index (χ0) is 14.3. The van der Waals surface area contributed by atoms with Gasteiger partial charge in [0, 0.05) is 30.7 Å². The Labute approximate surface area is 124 Å². The fourth-order valence-corrected chi connectivity index (χ4v) is 2.22. The molecule has 4 heteroatoms. The van der Waals surface area contributed by atoms with E-state index in [1.54, 1.807) is 7.11 Å². The Morgan fingerprint density at radius 3 is 2.74 bits per heavy atom. The van der Waals surface area contributed by atoms with Crippen molar-refractivity contribution in [3.8, 4) is 5.75 Å². The minimum absolute atomic E-state index is 0.137. The molecule has 0 saturated heterocycles. The molecule has 0 radical (unpaired) electrons. The van der Waals surface area contributed by atoms with Gasteiger partial charge in [0.2, 0.25) is 0 Å². The Balaban J connectivity index is 2.75. The number of hydrogen-bond donors (Lipinski definition) is 1. The first kappa shape index (κ1) is 16.5. The van der Waals surface area contributed by atoms with Crippen LogP contribution in [0.5, 0.6) is 5.75 Å². The van der Waals surface area contributed by atoms with Gasteiger partial charge in [0.05, 0.1) is 6.10 Å². The Hall–Kier alpha value is -0.580. The molecule has 2 N–H and O–H groups in total. The van der Waals surface area contributed by atoms with E-state index in [1.807, 2.05) is 12.1 Å². The first-order valence-corrected chi connectivity index (χ1v) is 7.55. The van der Waals surface area contributed by atoms with Crippen LogP contribution in [0.15, 0.2) is 22.7 Å². The molecule has 0 aromatic heterocycles. The highest BCUT2D eigenvalue weighted by molar-refractivity contribution is 9.10. The van der Waals surface area contributed by atoms with Crippen molar-refractivity contribution in [2.75, 3.05) is 13.7 Å². The molecule has 0 saturated carbocycles. The summed E-state index contributed by atoms with van der Waals surface area (Å²) in [6, 6.07) is 6.27. The molecule has 0 aliphatic rings. The van der Waals surface area contributed by atoms with E-state index in [0.717, 1.165) is 35.0 Å². The molecule has 0 fully saturated rings. The third kappa shape index (κ3) is 5.93. The van der Waals surface area contributed by atoms with E-state index in [0.29, 0.717) is 6.61 Å². The second-order valence-electron chi connectivity index (χ2n) is 4.83. The average Bonchev–Trinajstić information content (AvgIpc) is 2.39. The van der Waals surface area contributed by atoms with Crippen LogP contribution in [0.4, 0.5) is 0 Å². The van der Waals surface area contributed by atoms with Gasteiger partial charge >= 0.3 is 0 Å². The van der Waals surface area contributed by atoms with Gasteiger partial charge in [-0.15, -0.1) is 0 Å². The zero-order valence-corrected chi connectivity index (χ0v) is 13.6. The maximum atomic E-state index is 6.04. The predicted octanol–water partition coefficient (Wildman–Crippen LogP) is 3.53. The fourth-order valence-electron chi connectivity index (χ4n) is 1.81. The Morgan fingerprint density at radius 1 is 1.37 bits per heavy atom. The molecule has 2 atom stereocenters. The van der Waals surface area contributed by atoms with Gasteiger partial charge in [-0.1, -0.05) is 22.9 Å². The second kappa shape index (κ2) is 8.56. The molecule has 0 spiro atoms. The first-order chi connectivity index (χ1) is 9.06. The van der Waals surface area contributed by atoms with Gasteiger partial charge in [0.25, 0.3) is 0 Å². The number of ether oxygens (including phenoxy) is 2. The summed E-state index contributed by atoms with van der Waals surface area (Å²) in [5, 5.41) is 0. The standard InChI is InChI=1S/C15H24BrNO2/c1-4-14(17)10-12-9-13(16)5-6-15(12)19-11(2)7-8-18-3/h5-6,9,11,14H,4,7-8,10,17H2,1-3H3. The quantitative estimate of drug-likeness (QED) is 0.793. The molecule has 2 unspecified atom stereocenters. The summed E-state index contributed by atoms with van der Waals surface area (Å²) in [6.45, 7) is 4.87. The highest BCUT2D eigenvalue weighted by Crippen LogP contribution is 2.26. The molecule has 0 heterocycles. The molecular weight excluding hydrogens is 306 g/mol. The maximum absolute atomic E-state index is 6.04. The fraction of sp³-hybridized carbons (Fsp3) is 0.600. The van der Waals surface area contributed by atoms with Crippen LogP contribution in [-0.4, -0.2) is 25.9 Å². The first-order valence-electron chi connectivity index (χ1n) is 6.76. The number of benzene rings is 1. The van der Waals surface area contributed by atoms with E-state index in [9.17, 15) is 0 Å². The Kier molecular flexibility index (Phi) is 7.42. The van der Waals surface area contributed by atoms with Crippen molar-refractivity contribution in [1.29, 1.82) is 0 Å². The van der Waals surface area contributed by atoms with Crippen LogP contribution in [-0.2, 0) is 11.2 Å². The van der Waals surface area contributed by atoms with Gasteiger partial charge in [-0.2, -0.15) is 0 Å². The van der Waals surface area contributed by atoms with Gasteiger partial charge in [0.15, 0.2) is 0 Å². The van der Waals surface area contributed by atoms with E-state index in [1.165, 1.54) is 0 Å². The summed E-state index contributed by atoms with van der Waals surface area (Å²) in [5.41, 5.74) is 7.20. The molecule has 1 aromatic rings. The van der Waals surface area contributed by atoms with E-state index < -0.39 is 0 Å². The smallest absolute Gasteiger partial charge is 0.123 e. The van der Waals surface area contributed by atoms with Crippen molar-refractivity contribution in [2.45, 2.75) is 45.3 Å². The van der Waals surface area contributed by atoms with E-state index >= 15 is 0 Å². The van der Waals surface area contributed by atoms with Crippen molar-refractivity contribution in [2.24, 2.45) is 5.73 Å². The van der Waals surface area contributed by atoms with Crippen molar-refractivity contribution in [1.82, 2.24) is 0 Å². The van der Waals surface area contributed by atoms with Gasteiger partial charge in [-0.25, -0.2) is 0 Å². The predicted molar refractivity (Wildman–Crippen MR) is 82.7 cm³/mol. The van der Waals surface area contributed by atoms with Crippen LogP contribution in [0.2, 0.25) is 0 Å². The van der Waals surface area contributed by atoms with Gasteiger partial charge < -0.3 is 15.2 Å². The minimum Gasteiger partial charge on any atom is -0.490 e. The lowest BCUT2D eigenvalue weighted by Crippen LogP contribution is -2.22. The largest absolute Gasteiger partial charge is 0.490 e. The Morgan fingerprint density at radius 2 is 2.11 bits per heavy atom. The Bertz CT molecular complexity index is 384. The van der Waals surface area contributed by atoms with Crippen LogP contribution in [0, 0.1) is 0 Å². The lowest BCUT2D eigenvalue weighted by molar-refractivity contribution is 0.134. The van der Waals surface area contributed by atoms with E-state index in [-0.39, 0.29) is 12.1 Å². The third-order valence-corrected chi connectivity index (χ3v) is 3.58. The summed E-state index contributed by atoms with van der Waals surface area (Å²) in [6.07, 6.45) is 2.82. The van der Waals surface area contributed by atoms with Crippen LogP contribution in [0.25, 0.3) is 0 Å². The summed E-state index contributed by atoms with van der Waals surface area (Å²) < 4.78 is 12.1. The summed E-state index contributed by atoms with van der Waals surface area (Å²) in [4.78, 5) is 0. The van der Waals surface area contributed by atoms with Crippen molar-refractivity contribution >= 4 is 15.9 Å². The molecule has 0 bridgehead atoms. The highest BCUT2D eigenvalue weighted by atomic mass is 79.9. The van der Waals surface area contributed by atoms with Crippen LogP contribution in [0.1, 0.15) is 32.3 Å². The molecule has 0 aliphatic heterocycles. The van der Waals surface area contributed by atoms with Crippen LogP contribution < -0.4 is 10.5 Å². The van der Waals surface area contributed by atoms with Gasteiger partial charge in [-0.3, -0.25) is 0 Å². The number of nitrogens with two attached hydrogens (primary N) is 1. The molecule has 108 valence electrons. The monoisotopic (exact) mass is 329 g/mol. The maximum Gasteiger partial charge on any atom is 0.123 e.